The van der Waals surface area contributed by atoms with Gasteiger partial charge >= 0.3 is 5.69 Å². The molecule has 0 spiro atoms. The molecule has 2 aromatic carbocycles. The Morgan fingerprint density at radius 1 is 1.09 bits per heavy atom. The van der Waals surface area contributed by atoms with Crippen LogP contribution in [0.15, 0.2) is 56.8 Å². The van der Waals surface area contributed by atoms with E-state index in [4.69, 9.17) is 37.9 Å². The molecular formula is C22H14Cl2N6O5. The third-order valence-corrected chi connectivity index (χ3v) is 5.32. The van der Waals surface area contributed by atoms with Crippen LogP contribution in [0.2, 0.25) is 10.0 Å². The predicted octanol–water partition coefficient (Wildman–Crippen LogP) is 2.57. The molecule has 0 saturated heterocycles. The standard InChI is InChI=1S/C22H14Cl2N6O5/c1-34-14-4-2-3-11(6-14)5-12-7-18(27-28-20(12)31)35-19-15(23)8-13(9-16(19)24)30-22(33)26-21(32)17(10-25)29-30/h2-4,6-9H,5H2,1H3,(H,28,31)(H,26,32,33). The van der Waals surface area contributed by atoms with E-state index in [9.17, 15) is 14.4 Å². The summed E-state index contributed by atoms with van der Waals surface area (Å²) in [6, 6.07) is 12.9. The molecule has 35 heavy (non-hydrogen) atoms. The minimum atomic E-state index is -0.917. The van der Waals surface area contributed by atoms with E-state index in [1.807, 2.05) is 17.1 Å². The predicted molar refractivity (Wildman–Crippen MR) is 126 cm³/mol. The van der Waals surface area contributed by atoms with E-state index in [1.54, 1.807) is 25.3 Å². The molecule has 0 aliphatic carbocycles. The number of benzene rings is 2. The Morgan fingerprint density at radius 2 is 1.83 bits per heavy atom. The maximum Gasteiger partial charge on any atom is 0.349 e. The van der Waals surface area contributed by atoms with Crippen molar-refractivity contribution >= 4 is 23.2 Å². The molecule has 0 aliphatic heterocycles. The minimum absolute atomic E-state index is 0.00180. The fourth-order valence-electron chi connectivity index (χ4n) is 3.13. The lowest BCUT2D eigenvalue weighted by Crippen LogP contribution is -2.33. The molecule has 0 unspecified atom stereocenters. The van der Waals surface area contributed by atoms with Crippen LogP contribution >= 0.6 is 23.2 Å². The maximum atomic E-state index is 12.3. The van der Waals surface area contributed by atoms with E-state index in [-0.39, 0.29) is 33.8 Å². The molecule has 4 aromatic rings. The smallest absolute Gasteiger partial charge is 0.349 e. The molecule has 4 rings (SSSR count). The van der Waals surface area contributed by atoms with Crippen LogP contribution in [0, 0.1) is 11.3 Å². The van der Waals surface area contributed by atoms with Crippen LogP contribution in [-0.4, -0.2) is 32.1 Å². The number of methoxy groups -OCH3 is 1. The summed E-state index contributed by atoms with van der Waals surface area (Å²) in [5, 5.41) is 18.9. The second-order valence-electron chi connectivity index (χ2n) is 7.06. The number of nitriles is 1. The number of ether oxygens (including phenoxy) is 2. The Kier molecular flexibility index (Phi) is 6.68. The second kappa shape index (κ2) is 9.84. The lowest BCUT2D eigenvalue weighted by Gasteiger charge is -2.12. The molecule has 11 nitrogen and oxygen atoms in total. The van der Waals surface area contributed by atoms with E-state index in [0.29, 0.717) is 11.3 Å². The number of aromatic nitrogens is 5. The molecular weight excluding hydrogens is 499 g/mol. The average molecular weight is 513 g/mol. The van der Waals surface area contributed by atoms with Gasteiger partial charge in [0.15, 0.2) is 5.75 Å². The highest BCUT2D eigenvalue weighted by Crippen LogP contribution is 2.37. The van der Waals surface area contributed by atoms with Crippen molar-refractivity contribution in [2.75, 3.05) is 7.11 Å². The number of hydrogen-bond donors (Lipinski definition) is 2. The Labute approximate surface area is 206 Å². The number of aromatic amines is 2. The highest BCUT2D eigenvalue weighted by molar-refractivity contribution is 6.37. The minimum Gasteiger partial charge on any atom is -0.497 e. The molecule has 13 heteroatoms. The molecule has 0 amide bonds. The van der Waals surface area contributed by atoms with Crippen molar-refractivity contribution in [1.82, 2.24) is 25.0 Å². The number of nitrogens with one attached hydrogen (secondary N) is 2. The fourth-order valence-corrected chi connectivity index (χ4v) is 3.68. The quantitative estimate of drug-likeness (QED) is 0.399. The maximum absolute atomic E-state index is 12.3. The van der Waals surface area contributed by atoms with E-state index >= 15 is 0 Å². The van der Waals surface area contributed by atoms with Gasteiger partial charge in [-0.1, -0.05) is 35.3 Å². The number of hydrogen-bond acceptors (Lipinski definition) is 8. The van der Waals surface area contributed by atoms with Crippen molar-refractivity contribution in [1.29, 1.82) is 5.26 Å². The summed E-state index contributed by atoms with van der Waals surface area (Å²) in [7, 11) is 1.55. The van der Waals surface area contributed by atoms with E-state index < -0.39 is 22.5 Å². The SMILES string of the molecule is COc1cccc(Cc2cc(Oc3c(Cl)cc(-n4nc(C#N)c(=O)[nH]c4=O)cc3Cl)n[nH]c2=O)c1. The van der Waals surface area contributed by atoms with Gasteiger partial charge in [-0.05, 0) is 29.8 Å². The lowest BCUT2D eigenvalue weighted by molar-refractivity contribution is 0.414. The summed E-state index contributed by atoms with van der Waals surface area (Å²) in [6.07, 6.45) is 0.286. The molecule has 2 heterocycles. The van der Waals surface area contributed by atoms with E-state index in [0.717, 1.165) is 10.2 Å². The van der Waals surface area contributed by atoms with Crippen LogP contribution in [-0.2, 0) is 6.42 Å². The summed E-state index contributed by atoms with van der Waals surface area (Å²) in [5.41, 5.74) is -1.43. The molecule has 2 N–H and O–H groups in total. The molecule has 0 saturated carbocycles. The zero-order valence-electron chi connectivity index (χ0n) is 17.8. The molecule has 0 radical (unpaired) electrons. The summed E-state index contributed by atoms with van der Waals surface area (Å²) in [4.78, 5) is 38.0. The Morgan fingerprint density at radius 3 is 2.51 bits per heavy atom. The van der Waals surface area contributed by atoms with Crippen molar-refractivity contribution in [3.8, 4) is 29.1 Å². The first kappa shape index (κ1) is 23.7. The van der Waals surface area contributed by atoms with Gasteiger partial charge in [0, 0.05) is 18.1 Å². The Bertz CT molecular complexity index is 1630. The monoisotopic (exact) mass is 512 g/mol. The largest absolute Gasteiger partial charge is 0.497 e. The molecule has 0 aliphatic rings. The normalized spacial score (nSPS) is 10.6. The lowest BCUT2D eigenvalue weighted by atomic mass is 10.1. The highest BCUT2D eigenvalue weighted by atomic mass is 35.5. The average Bonchev–Trinajstić information content (AvgIpc) is 2.83. The summed E-state index contributed by atoms with van der Waals surface area (Å²) < 4.78 is 11.7. The number of halogens is 2. The van der Waals surface area contributed by atoms with Crippen molar-refractivity contribution in [2.24, 2.45) is 0 Å². The third-order valence-electron chi connectivity index (χ3n) is 4.75. The fraction of sp³-hybridized carbons (Fsp3) is 0.0909. The number of H-pyrrole nitrogens is 2. The van der Waals surface area contributed by atoms with Crippen LogP contribution in [0.1, 0.15) is 16.8 Å². The first-order chi connectivity index (χ1) is 16.8. The molecule has 0 bridgehead atoms. The molecule has 2 aromatic heterocycles. The van der Waals surface area contributed by atoms with Gasteiger partial charge in [-0.3, -0.25) is 14.6 Å². The summed E-state index contributed by atoms with van der Waals surface area (Å²) in [6.45, 7) is 0. The van der Waals surface area contributed by atoms with Crippen LogP contribution in [0.4, 0.5) is 0 Å². The van der Waals surface area contributed by atoms with Crippen LogP contribution in [0.5, 0.6) is 17.4 Å². The van der Waals surface area contributed by atoms with Gasteiger partial charge in [-0.2, -0.15) is 9.94 Å². The van der Waals surface area contributed by atoms with Crippen LogP contribution in [0.25, 0.3) is 5.69 Å². The zero-order chi connectivity index (χ0) is 25.1. The first-order valence-electron chi connectivity index (χ1n) is 9.81. The van der Waals surface area contributed by atoms with Gasteiger partial charge in [0.25, 0.3) is 11.1 Å². The van der Waals surface area contributed by atoms with Crippen molar-refractivity contribution in [3.05, 3.63) is 101 Å². The summed E-state index contributed by atoms with van der Waals surface area (Å²) in [5.74, 6) is 0.674. The van der Waals surface area contributed by atoms with Crippen LogP contribution < -0.4 is 26.3 Å². The van der Waals surface area contributed by atoms with Gasteiger partial charge in [0.1, 0.15) is 11.8 Å². The topological polar surface area (TPSA) is 156 Å². The van der Waals surface area contributed by atoms with Crippen molar-refractivity contribution in [2.45, 2.75) is 6.42 Å². The Balaban J connectivity index is 1.66. The van der Waals surface area contributed by atoms with Gasteiger partial charge in [-0.15, -0.1) is 10.2 Å². The molecule has 0 fully saturated rings. The van der Waals surface area contributed by atoms with Gasteiger partial charge < -0.3 is 9.47 Å². The third kappa shape index (κ3) is 5.08. The van der Waals surface area contributed by atoms with Crippen molar-refractivity contribution in [3.63, 3.8) is 0 Å². The number of rotatable bonds is 6. The van der Waals surface area contributed by atoms with Gasteiger partial charge in [-0.25, -0.2) is 9.89 Å². The molecule has 176 valence electrons. The first-order valence-corrected chi connectivity index (χ1v) is 10.6. The number of nitrogens with zero attached hydrogens (tertiary/aromatic N) is 4. The van der Waals surface area contributed by atoms with Gasteiger partial charge in [0.05, 0.1) is 22.8 Å². The molecule has 0 atom stereocenters. The second-order valence-corrected chi connectivity index (χ2v) is 7.88. The van der Waals surface area contributed by atoms with Crippen molar-refractivity contribution < 1.29 is 9.47 Å². The zero-order valence-corrected chi connectivity index (χ0v) is 19.3. The van der Waals surface area contributed by atoms with E-state index in [2.05, 4.69) is 15.3 Å². The van der Waals surface area contributed by atoms with Gasteiger partial charge in [0.2, 0.25) is 11.6 Å². The van der Waals surface area contributed by atoms with Crippen LogP contribution in [0.3, 0.4) is 0 Å². The van der Waals surface area contributed by atoms with E-state index in [1.165, 1.54) is 18.2 Å². The Hall–Kier alpha value is -4.40. The highest BCUT2D eigenvalue weighted by Gasteiger charge is 2.16. The summed E-state index contributed by atoms with van der Waals surface area (Å²) >= 11 is 12.6.